The highest BCUT2D eigenvalue weighted by Crippen LogP contribution is 2.41. The van der Waals surface area contributed by atoms with E-state index in [2.05, 4.69) is 52.4 Å². The lowest BCUT2D eigenvalue weighted by Crippen LogP contribution is -2.63. The topological polar surface area (TPSA) is 55.8 Å². The van der Waals surface area contributed by atoms with Crippen molar-refractivity contribution in [2.45, 2.75) is 13.0 Å². The summed E-state index contributed by atoms with van der Waals surface area (Å²) < 4.78 is 0.612. The van der Waals surface area contributed by atoms with Gasteiger partial charge in [-0.05, 0) is 49.4 Å². The minimum Gasteiger partial charge on any atom is -0.508 e. The molecule has 6 nitrogen and oxygen atoms in total. The third-order valence-corrected chi connectivity index (χ3v) is 7.15. The van der Waals surface area contributed by atoms with Gasteiger partial charge in [0, 0.05) is 37.9 Å². The quantitative estimate of drug-likeness (QED) is 0.587. The van der Waals surface area contributed by atoms with Gasteiger partial charge in [0.15, 0.2) is 12.4 Å². The minimum atomic E-state index is 0.00462. The average molecular weight is 444 g/mol. The van der Waals surface area contributed by atoms with Crippen LogP contribution in [0, 0.1) is 0 Å². The predicted molar refractivity (Wildman–Crippen MR) is 133 cm³/mol. The van der Waals surface area contributed by atoms with Gasteiger partial charge in [-0.25, -0.2) is 4.48 Å². The van der Waals surface area contributed by atoms with Gasteiger partial charge in [0.2, 0.25) is 0 Å². The van der Waals surface area contributed by atoms with Crippen molar-refractivity contribution in [1.82, 2.24) is 14.7 Å². The van der Waals surface area contributed by atoms with Gasteiger partial charge in [-0.2, -0.15) is 0 Å². The highest BCUT2D eigenvalue weighted by molar-refractivity contribution is 6.01. The molecule has 6 heteroatoms. The van der Waals surface area contributed by atoms with E-state index < -0.39 is 0 Å². The van der Waals surface area contributed by atoms with Crippen molar-refractivity contribution in [2.24, 2.45) is 0 Å². The Morgan fingerprint density at radius 3 is 2.30 bits per heavy atom. The largest absolute Gasteiger partial charge is 0.508 e. The lowest BCUT2D eigenvalue weighted by molar-refractivity contribution is 0.0893. The van der Waals surface area contributed by atoms with Gasteiger partial charge in [0.05, 0.1) is 6.54 Å². The number of carbonyl (C=O) groups excluding carboxylic acids is 1. The monoisotopic (exact) mass is 443 g/mol. The number of hydrogen-bond acceptors (Lipinski definition) is 4. The number of carbonyl (C=O) groups is 1. The summed E-state index contributed by atoms with van der Waals surface area (Å²) >= 11 is 0. The van der Waals surface area contributed by atoms with Crippen LogP contribution in [-0.4, -0.2) is 61.3 Å². The molecule has 5 rings (SSSR count). The van der Waals surface area contributed by atoms with Gasteiger partial charge < -0.3 is 15.3 Å². The maximum Gasteiger partial charge on any atom is 0.261 e. The fourth-order valence-corrected chi connectivity index (χ4v) is 5.33. The molecule has 170 valence electrons. The molecular formula is C27H31N4O2+. The molecule has 1 amide bonds. The summed E-state index contributed by atoms with van der Waals surface area (Å²) in [6.45, 7) is 7.65. The summed E-state index contributed by atoms with van der Waals surface area (Å²) in [6, 6.07) is 26.3. The van der Waals surface area contributed by atoms with E-state index in [4.69, 9.17) is 0 Å². The van der Waals surface area contributed by atoms with Crippen molar-refractivity contribution >= 4 is 23.0 Å². The molecule has 2 aliphatic rings. The molecule has 2 unspecified atom stereocenters. The van der Waals surface area contributed by atoms with Crippen molar-refractivity contribution in [3.8, 4) is 5.75 Å². The fraction of sp³-hybridized carbons (Fsp3) is 0.296. The van der Waals surface area contributed by atoms with Crippen LogP contribution in [0.15, 0.2) is 78.9 Å². The van der Waals surface area contributed by atoms with Crippen LogP contribution in [0.1, 0.15) is 17.3 Å². The molecule has 1 saturated heterocycles. The average Bonchev–Trinajstić information content (AvgIpc) is 2.86. The van der Waals surface area contributed by atoms with Gasteiger partial charge in [0.25, 0.3) is 5.91 Å². The zero-order valence-electron chi connectivity index (χ0n) is 19.0. The number of piperazine rings is 1. The second kappa shape index (κ2) is 8.89. The van der Waals surface area contributed by atoms with Crippen LogP contribution in [-0.2, 0) is 0 Å². The van der Waals surface area contributed by atoms with Crippen molar-refractivity contribution in [3.05, 3.63) is 84.4 Å². The Balaban J connectivity index is 1.39. The summed E-state index contributed by atoms with van der Waals surface area (Å²) in [5, 5.41) is 12.7. The smallest absolute Gasteiger partial charge is 0.261 e. The second-order valence-electron chi connectivity index (χ2n) is 9.04. The van der Waals surface area contributed by atoms with E-state index in [0.29, 0.717) is 16.9 Å². The number of quaternary nitrogens is 1. The fourth-order valence-electron chi connectivity index (χ4n) is 5.33. The Morgan fingerprint density at radius 1 is 0.909 bits per heavy atom. The highest BCUT2D eigenvalue weighted by atomic mass is 16.3. The van der Waals surface area contributed by atoms with E-state index in [-0.39, 0.29) is 11.9 Å². The number of benzene rings is 3. The molecule has 2 atom stereocenters. The number of phenols is 1. The molecule has 3 aromatic rings. The number of aromatic hydroxyl groups is 1. The molecule has 2 N–H and O–H groups in total. The Bertz CT molecular complexity index is 1110. The van der Waals surface area contributed by atoms with Crippen LogP contribution in [0.3, 0.4) is 0 Å². The number of fused-ring (bicyclic) bond motifs is 1. The molecule has 0 spiro atoms. The first kappa shape index (κ1) is 21.5. The summed E-state index contributed by atoms with van der Waals surface area (Å²) in [4.78, 5) is 17.6. The summed E-state index contributed by atoms with van der Waals surface area (Å²) in [7, 11) is 0. The Labute approximate surface area is 195 Å². The van der Waals surface area contributed by atoms with E-state index in [1.165, 1.54) is 5.69 Å². The molecule has 0 aromatic heterocycles. The van der Waals surface area contributed by atoms with Gasteiger partial charge >= 0.3 is 0 Å². The number of amides is 1. The maximum absolute atomic E-state index is 12.7. The molecule has 1 fully saturated rings. The van der Waals surface area contributed by atoms with Crippen molar-refractivity contribution in [1.29, 1.82) is 0 Å². The van der Waals surface area contributed by atoms with E-state index in [9.17, 15) is 9.90 Å². The highest BCUT2D eigenvalue weighted by Gasteiger charge is 2.45. The Kier molecular flexibility index (Phi) is 5.79. The Morgan fingerprint density at radius 2 is 1.58 bits per heavy atom. The van der Waals surface area contributed by atoms with Crippen LogP contribution in [0.5, 0.6) is 5.75 Å². The molecule has 2 heterocycles. The number of para-hydroxylation sites is 2. The molecule has 3 aromatic carbocycles. The molecule has 0 radical (unpaired) electrons. The number of hydrogen-bond donors (Lipinski definition) is 2. The van der Waals surface area contributed by atoms with E-state index in [1.807, 2.05) is 36.4 Å². The minimum absolute atomic E-state index is 0.00462. The van der Waals surface area contributed by atoms with E-state index >= 15 is 0 Å². The van der Waals surface area contributed by atoms with E-state index in [1.54, 1.807) is 12.1 Å². The first-order valence-electron chi connectivity index (χ1n) is 11.7. The predicted octanol–water partition coefficient (Wildman–Crippen LogP) is 3.94. The number of nitrogens with one attached hydrogen (secondary N) is 1. The summed E-state index contributed by atoms with van der Waals surface area (Å²) in [5.41, 5.74) is 4.18. The van der Waals surface area contributed by atoms with Crippen LogP contribution in [0.25, 0.3) is 0 Å². The van der Waals surface area contributed by atoms with Crippen molar-refractivity contribution < 1.29 is 9.90 Å². The normalized spacial score (nSPS) is 21.8. The lowest BCUT2D eigenvalue weighted by Gasteiger charge is -2.47. The van der Waals surface area contributed by atoms with Crippen LogP contribution < -0.4 is 14.7 Å². The van der Waals surface area contributed by atoms with E-state index in [0.717, 1.165) is 49.7 Å². The summed E-state index contributed by atoms with van der Waals surface area (Å²) in [5.74, 6) is 0.306. The summed E-state index contributed by atoms with van der Waals surface area (Å²) in [6.07, 6.45) is 0. The standard InChI is InChI=1S/C27H30N4O2/c1-21(19-29-15-17-30(18-16-29)22-11-13-24(32)14-12-22)31(23-7-3-2-4-8-23)20-28-27(33)25-9-5-6-10-26(25)31/h2-14,21H,15-20H2,1H3,(H-,28,32,33)/p+1. The molecule has 33 heavy (non-hydrogen) atoms. The number of phenolic OH excluding ortho intramolecular Hbond substituents is 1. The number of rotatable bonds is 5. The zero-order valence-corrected chi connectivity index (χ0v) is 19.0. The number of nitrogens with zero attached hydrogens (tertiary/aromatic N) is 3. The van der Waals surface area contributed by atoms with Crippen molar-refractivity contribution in [3.63, 3.8) is 0 Å². The SMILES string of the molecule is CC(CN1CCN(c2ccc(O)cc2)CC1)[N+]1(c2ccccc2)CNC(=O)c2ccccc21. The van der Waals surface area contributed by atoms with Crippen LogP contribution in [0.4, 0.5) is 17.1 Å². The Hall–Kier alpha value is -3.35. The van der Waals surface area contributed by atoms with Gasteiger partial charge in [-0.3, -0.25) is 9.69 Å². The molecule has 0 bridgehead atoms. The molecule has 0 saturated carbocycles. The molecule has 2 aliphatic heterocycles. The first-order valence-corrected chi connectivity index (χ1v) is 11.7. The third-order valence-electron chi connectivity index (χ3n) is 7.15. The molecular weight excluding hydrogens is 412 g/mol. The van der Waals surface area contributed by atoms with Crippen molar-refractivity contribution in [2.75, 3.05) is 44.3 Å². The van der Waals surface area contributed by atoms with Crippen LogP contribution >= 0.6 is 0 Å². The second-order valence-corrected chi connectivity index (χ2v) is 9.04. The van der Waals surface area contributed by atoms with Gasteiger partial charge in [-0.15, -0.1) is 0 Å². The first-order chi connectivity index (χ1) is 16.1. The number of anilines is 1. The van der Waals surface area contributed by atoms with Gasteiger partial charge in [-0.1, -0.05) is 30.3 Å². The van der Waals surface area contributed by atoms with Crippen LogP contribution in [0.2, 0.25) is 0 Å². The third kappa shape index (κ3) is 3.96. The zero-order chi connectivity index (χ0) is 22.8. The van der Waals surface area contributed by atoms with Gasteiger partial charge in [0.1, 0.15) is 23.0 Å². The molecule has 0 aliphatic carbocycles. The maximum atomic E-state index is 12.7. The lowest BCUT2D eigenvalue weighted by atomic mass is 10.0.